The zero-order valence-corrected chi connectivity index (χ0v) is 12.7. The van der Waals surface area contributed by atoms with Crippen molar-refractivity contribution >= 4 is 5.69 Å². The van der Waals surface area contributed by atoms with Crippen LogP contribution in [0.5, 0.6) is 0 Å². The Bertz CT molecular complexity index is 654. The van der Waals surface area contributed by atoms with Gasteiger partial charge in [-0.3, -0.25) is 4.98 Å². The van der Waals surface area contributed by atoms with E-state index >= 15 is 0 Å². The van der Waals surface area contributed by atoms with Crippen LogP contribution in [-0.4, -0.2) is 18.1 Å². The molecular weight excluding hydrogens is 256 g/mol. The quantitative estimate of drug-likeness (QED) is 0.781. The highest BCUT2D eigenvalue weighted by atomic mass is 15.1. The molecule has 1 saturated heterocycles. The third kappa shape index (κ3) is 2.23. The molecule has 1 aliphatic carbocycles. The van der Waals surface area contributed by atoms with Crippen LogP contribution >= 0.6 is 0 Å². The fourth-order valence-corrected chi connectivity index (χ4v) is 3.74. The summed E-state index contributed by atoms with van der Waals surface area (Å²) < 4.78 is 0. The molecular formula is C19H22N2. The standard InChI is InChI=1S/C19H22N2/c1-14-9-12-21(13-10-14)18-8-11-20-19-16-5-3-2-4-15(16)6-7-17(18)19/h2-5,8,11,14H,6-7,9-10,12-13H2,1H3. The number of aryl methyl sites for hydroxylation is 1. The molecule has 2 nitrogen and oxygen atoms in total. The summed E-state index contributed by atoms with van der Waals surface area (Å²) in [7, 11) is 0. The molecule has 0 amide bonds. The fraction of sp³-hybridized carbons (Fsp3) is 0.421. The van der Waals surface area contributed by atoms with Gasteiger partial charge in [0.1, 0.15) is 0 Å². The minimum absolute atomic E-state index is 0.875. The maximum atomic E-state index is 4.70. The number of piperidine rings is 1. The summed E-state index contributed by atoms with van der Waals surface area (Å²) in [4.78, 5) is 7.28. The van der Waals surface area contributed by atoms with Crippen molar-refractivity contribution in [2.24, 2.45) is 5.92 Å². The van der Waals surface area contributed by atoms with Crippen molar-refractivity contribution in [2.75, 3.05) is 18.0 Å². The fourth-order valence-electron chi connectivity index (χ4n) is 3.74. The lowest BCUT2D eigenvalue weighted by Crippen LogP contribution is -2.33. The molecule has 2 heterocycles. The van der Waals surface area contributed by atoms with Crippen LogP contribution in [0.15, 0.2) is 36.5 Å². The zero-order valence-electron chi connectivity index (χ0n) is 12.7. The van der Waals surface area contributed by atoms with Gasteiger partial charge in [0.25, 0.3) is 0 Å². The molecule has 0 unspecified atom stereocenters. The Labute approximate surface area is 126 Å². The van der Waals surface area contributed by atoms with Crippen molar-refractivity contribution in [1.82, 2.24) is 4.98 Å². The van der Waals surface area contributed by atoms with Gasteiger partial charge in [-0.2, -0.15) is 0 Å². The summed E-state index contributed by atoms with van der Waals surface area (Å²) in [5.74, 6) is 0.875. The van der Waals surface area contributed by atoms with Gasteiger partial charge in [-0.05, 0) is 43.2 Å². The van der Waals surface area contributed by atoms with Crippen LogP contribution in [-0.2, 0) is 12.8 Å². The van der Waals surface area contributed by atoms with Crippen LogP contribution in [0.4, 0.5) is 5.69 Å². The number of benzene rings is 1. The maximum Gasteiger partial charge on any atom is 0.0757 e. The molecule has 0 bridgehead atoms. The van der Waals surface area contributed by atoms with E-state index in [1.165, 1.54) is 54.0 Å². The Morgan fingerprint density at radius 2 is 1.86 bits per heavy atom. The summed E-state index contributed by atoms with van der Waals surface area (Å²) >= 11 is 0. The molecule has 0 radical (unpaired) electrons. The Balaban J connectivity index is 1.76. The van der Waals surface area contributed by atoms with Gasteiger partial charge in [-0.1, -0.05) is 31.2 Å². The van der Waals surface area contributed by atoms with Crippen molar-refractivity contribution < 1.29 is 0 Å². The molecule has 1 aromatic carbocycles. The monoisotopic (exact) mass is 278 g/mol. The van der Waals surface area contributed by atoms with Crippen LogP contribution < -0.4 is 4.90 Å². The smallest absolute Gasteiger partial charge is 0.0757 e. The molecule has 0 spiro atoms. The number of pyridine rings is 1. The van der Waals surface area contributed by atoms with E-state index in [1.807, 2.05) is 6.20 Å². The Hall–Kier alpha value is -1.83. The van der Waals surface area contributed by atoms with E-state index in [-0.39, 0.29) is 0 Å². The number of nitrogens with zero attached hydrogens (tertiary/aromatic N) is 2. The topological polar surface area (TPSA) is 16.1 Å². The Morgan fingerprint density at radius 3 is 2.71 bits per heavy atom. The Kier molecular flexibility index (Phi) is 3.17. The summed E-state index contributed by atoms with van der Waals surface area (Å²) in [6.45, 7) is 4.76. The number of hydrogen-bond acceptors (Lipinski definition) is 2. The first kappa shape index (κ1) is 12.9. The minimum Gasteiger partial charge on any atom is -0.371 e. The van der Waals surface area contributed by atoms with Crippen LogP contribution in [0, 0.1) is 5.92 Å². The van der Waals surface area contributed by atoms with E-state index in [0.29, 0.717) is 0 Å². The first-order chi connectivity index (χ1) is 10.3. The molecule has 0 saturated carbocycles. The van der Waals surface area contributed by atoms with Crippen molar-refractivity contribution in [2.45, 2.75) is 32.6 Å². The van der Waals surface area contributed by atoms with Gasteiger partial charge in [0, 0.05) is 36.1 Å². The van der Waals surface area contributed by atoms with Gasteiger partial charge in [0.05, 0.1) is 5.69 Å². The molecule has 21 heavy (non-hydrogen) atoms. The van der Waals surface area contributed by atoms with E-state index in [0.717, 1.165) is 18.8 Å². The zero-order chi connectivity index (χ0) is 14.2. The third-order valence-corrected chi connectivity index (χ3v) is 5.07. The second-order valence-electron chi connectivity index (χ2n) is 6.48. The number of hydrogen-bond donors (Lipinski definition) is 0. The average molecular weight is 278 g/mol. The highest BCUT2D eigenvalue weighted by molar-refractivity contribution is 5.75. The van der Waals surface area contributed by atoms with Gasteiger partial charge in [-0.15, -0.1) is 0 Å². The molecule has 2 aromatic rings. The highest BCUT2D eigenvalue weighted by Gasteiger charge is 2.24. The van der Waals surface area contributed by atoms with Gasteiger partial charge in [-0.25, -0.2) is 0 Å². The van der Waals surface area contributed by atoms with E-state index in [4.69, 9.17) is 4.98 Å². The molecule has 4 rings (SSSR count). The van der Waals surface area contributed by atoms with Gasteiger partial charge in [0.2, 0.25) is 0 Å². The third-order valence-electron chi connectivity index (χ3n) is 5.07. The first-order valence-electron chi connectivity index (χ1n) is 8.14. The molecule has 2 aliphatic rings. The molecule has 108 valence electrons. The summed E-state index contributed by atoms with van der Waals surface area (Å²) in [6.07, 6.45) is 6.89. The molecule has 1 fully saturated rings. The predicted octanol–water partition coefficient (Wildman–Crippen LogP) is 4.08. The molecule has 0 N–H and O–H groups in total. The second kappa shape index (κ2) is 5.18. The number of anilines is 1. The molecule has 0 atom stereocenters. The normalized spacial score (nSPS) is 18.2. The van der Waals surface area contributed by atoms with Gasteiger partial charge in [0.15, 0.2) is 0 Å². The van der Waals surface area contributed by atoms with E-state index in [1.54, 1.807) is 0 Å². The molecule has 1 aromatic heterocycles. The number of aromatic nitrogens is 1. The summed E-state index contributed by atoms with van der Waals surface area (Å²) in [5, 5.41) is 0. The van der Waals surface area contributed by atoms with E-state index < -0.39 is 0 Å². The SMILES string of the molecule is CC1CCN(c2ccnc3c2CCc2ccccc2-3)CC1. The van der Waals surface area contributed by atoms with Crippen molar-refractivity contribution in [1.29, 1.82) is 0 Å². The lowest BCUT2D eigenvalue weighted by molar-refractivity contribution is 0.438. The summed E-state index contributed by atoms with van der Waals surface area (Å²) in [5.41, 5.74) is 6.90. The van der Waals surface area contributed by atoms with Crippen LogP contribution in [0.1, 0.15) is 30.9 Å². The highest BCUT2D eigenvalue weighted by Crippen LogP contribution is 2.37. The largest absolute Gasteiger partial charge is 0.371 e. The van der Waals surface area contributed by atoms with Crippen molar-refractivity contribution in [3.63, 3.8) is 0 Å². The first-order valence-corrected chi connectivity index (χ1v) is 8.14. The second-order valence-corrected chi connectivity index (χ2v) is 6.48. The van der Waals surface area contributed by atoms with Gasteiger partial charge >= 0.3 is 0 Å². The lowest BCUT2D eigenvalue weighted by atomic mass is 9.87. The van der Waals surface area contributed by atoms with Crippen LogP contribution in [0.3, 0.4) is 0 Å². The van der Waals surface area contributed by atoms with E-state index in [2.05, 4.69) is 42.2 Å². The van der Waals surface area contributed by atoms with Crippen molar-refractivity contribution in [3.8, 4) is 11.3 Å². The van der Waals surface area contributed by atoms with E-state index in [9.17, 15) is 0 Å². The number of fused-ring (bicyclic) bond motifs is 3. The lowest BCUT2D eigenvalue weighted by Gasteiger charge is -2.34. The number of rotatable bonds is 1. The maximum absolute atomic E-state index is 4.70. The summed E-state index contributed by atoms with van der Waals surface area (Å²) in [6, 6.07) is 11.0. The minimum atomic E-state index is 0.875. The molecule has 1 aliphatic heterocycles. The average Bonchev–Trinajstić information content (AvgIpc) is 2.55. The van der Waals surface area contributed by atoms with Gasteiger partial charge < -0.3 is 4.90 Å². The van der Waals surface area contributed by atoms with Crippen LogP contribution in [0.25, 0.3) is 11.3 Å². The predicted molar refractivity (Wildman–Crippen MR) is 87.7 cm³/mol. The molecule has 2 heteroatoms. The van der Waals surface area contributed by atoms with Crippen molar-refractivity contribution in [3.05, 3.63) is 47.7 Å². The van der Waals surface area contributed by atoms with Crippen LogP contribution in [0.2, 0.25) is 0 Å². The Morgan fingerprint density at radius 1 is 1.05 bits per heavy atom.